The van der Waals surface area contributed by atoms with Gasteiger partial charge in [-0.05, 0) is 28.7 Å². The zero-order chi connectivity index (χ0) is 17.3. The number of nitrogens with zero attached hydrogens (tertiary/aromatic N) is 2. The van der Waals surface area contributed by atoms with Crippen LogP contribution in [0.15, 0.2) is 29.3 Å². The van der Waals surface area contributed by atoms with Crippen molar-refractivity contribution in [3.05, 3.63) is 29.8 Å². The molecule has 1 aromatic carbocycles. The van der Waals surface area contributed by atoms with Gasteiger partial charge in [-0.1, -0.05) is 88.6 Å². The number of hydrogen-bond acceptors (Lipinski definition) is 4. The minimum Gasteiger partial charge on any atom is -0.306 e. The second-order valence-electron chi connectivity index (χ2n) is 7.67. The zero-order valence-corrected chi connectivity index (χ0v) is 17.3. The summed E-state index contributed by atoms with van der Waals surface area (Å²) in [5.74, 6) is 1.07. The maximum Gasteiger partial charge on any atom is 0.169 e. The largest absolute Gasteiger partial charge is 0.306 e. The lowest BCUT2D eigenvalue weighted by Crippen LogP contribution is -2.45. The van der Waals surface area contributed by atoms with Crippen LogP contribution in [-0.4, -0.2) is 32.9 Å². The molecule has 0 spiro atoms. The summed E-state index contributed by atoms with van der Waals surface area (Å²) in [7, 11) is 0. The van der Waals surface area contributed by atoms with Gasteiger partial charge in [0.25, 0.3) is 0 Å². The second kappa shape index (κ2) is 7.16. The Hall–Kier alpha value is -0.520. The van der Waals surface area contributed by atoms with Gasteiger partial charge in [0.05, 0.1) is 5.69 Å². The number of benzene rings is 1. The summed E-state index contributed by atoms with van der Waals surface area (Å²) in [5.41, 5.74) is 2.64. The molecule has 1 aliphatic heterocycles. The van der Waals surface area contributed by atoms with E-state index in [4.69, 9.17) is 17.2 Å². The molecule has 0 aromatic heterocycles. The van der Waals surface area contributed by atoms with Crippen molar-refractivity contribution in [3.63, 3.8) is 0 Å². The summed E-state index contributed by atoms with van der Waals surface area (Å²) in [6, 6.07) is 8.43. The van der Waals surface area contributed by atoms with Gasteiger partial charge in [-0.15, -0.1) is 0 Å². The smallest absolute Gasteiger partial charge is 0.169 e. The average Bonchev–Trinajstić information content (AvgIpc) is 2.47. The monoisotopic (exact) mass is 366 g/mol. The summed E-state index contributed by atoms with van der Waals surface area (Å²) in [6.45, 7) is 12.2. The van der Waals surface area contributed by atoms with Gasteiger partial charge in [0.15, 0.2) is 5.17 Å². The molecule has 0 N–H and O–H groups in total. The van der Waals surface area contributed by atoms with Crippen molar-refractivity contribution < 1.29 is 0 Å². The summed E-state index contributed by atoms with van der Waals surface area (Å²) in [5, 5.41) is 1.03. The Morgan fingerprint density at radius 1 is 1.30 bits per heavy atom. The average molecular weight is 367 g/mol. The molecule has 1 aliphatic rings. The first-order valence-electron chi connectivity index (χ1n) is 7.80. The predicted octanol–water partition coefficient (Wildman–Crippen LogP) is 5.69. The third kappa shape index (κ3) is 4.74. The van der Waals surface area contributed by atoms with E-state index in [0.717, 1.165) is 27.5 Å². The highest BCUT2D eigenvalue weighted by Crippen LogP contribution is 2.36. The number of para-hydroxylation sites is 1. The first kappa shape index (κ1) is 18.8. The molecule has 5 heteroatoms. The Bertz CT molecular complexity index is 615. The van der Waals surface area contributed by atoms with E-state index < -0.39 is 0 Å². The molecule has 2 rings (SSSR count). The van der Waals surface area contributed by atoms with Gasteiger partial charge in [0.2, 0.25) is 0 Å². The highest BCUT2D eigenvalue weighted by atomic mass is 32.2. The fourth-order valence-corrected chi connectivity index (χ4v) is 4.26. The summed E-state index contributed by atoms with van der Waals surface area (Å²) < 4.78 is 0.900. The van der Waals surface area contributed by atoms with Crippen molar-refractivity contribution >= 4 is 50.9 Å². The maximum atomic E-state index is 5.57. The van der Waals surface area contributed by atoms with E-state index in [2.05, 4.69) is 63.8 Å². The quantitative estimate of drug-likeness (QED) is 0.593. The summed E-state index contributed by atoms with van der Waals surface area (Å²) in [4.78, 5) is 7.21. The van der Waals surface area contributed by atoms with Gasteiger partial charge in [-0.3, -0.25) is 0 Å². The van der Waals surface area contributed by atoms with Crippen LogP contribution in [0.3, 0.4) is 0 Å². The van der Waals surface area contributed by atoms with Crippen LogP contribution in [0, 0.1) is 5.41 Å². The van der Waals surface area contributed by atoms with Gasteiger partial charge in [0.1, 0.15) is 4.32 Å². The van der Waals surface area contributed by atoms with E-state index >= 15 is 0 Å². The molecule has 0 radical (unpaired) electrons. The van der Waals surface area contributed by atoms with Crippen LogP contribution >= 0.6 is 35.7 Å². The molecule has 1 heterocycles. The minimum atomic E-state index is 0.0735. The molecule has 0 amide bonds. The molecule has 0 saturated carbocycles. The van der Waals surface area contributed by atoms with Crippen molar-refractivity contribution in [2.75, 3.05) is 18.6 Å². The Kier molecular flexibility index (Phi) is 5.85. The molecule has 0 unspecified atom stereocenters. The molecule has 1 aromatic rings. The molecule has 126 valence electrons. The molecule has 1 saturated heterocycles. The van der Waals surface area contributed by atoms with E-state index in [0.29, 0.717) is 0 Å². The van der Waals surface area contributed by atoms with Crippen molar-refractivity contribution in [1.82, 2.24) is 4.90 Å². The topological polar surface area (TPSA) is 15.6 Å². The first-order chi connectivity index (χ1) is 10.6. The Balaban J connectivity index is 2.43. The highest BCUT2D eigenvalue weighted by molar-refractivity contribution is 8.23. The number of aliphatic imine (C=N–C) groups is 1. The van der Waals surface area contributed by atoms with Crippen molar-refractivity contribution in [2.24, 2.45) is 10.4 Å². The zero-order valence-electron chi connectivity index (χ0n) is 14.8. The number of thioether (sulfide) groups is 2. The van der Waals surface area contributed by atoms with Crippen molar-refractivity contribution in [1.29, 1.82) is 0 Å². The molecule has 23 heavy (non-hydrogen) atoms. The normalized spacial score (nSPS) is 19.9. The van der Waals surface area contributed by atoms with E-state index in [-0.39, 0.29) is 10.8 Å². The predicted molar refractivity (Wildman–Crippen MR) is 111 cm³/mol. The van der Waals surface area contributed by atoms with Crippen LogP contribution in [0.4, 0.5) is 5.69 Å². The lowest BCUT2D eigenvalue weighted by atomic mass is 9.86. The van der Waals surface area contributed by atoms with Crippen molar-refractivity contribution in [2.45, 2.75) is 40.0 Å². The molecule has 0 atom stereocenters. The maximum absolute atomic E-state index is 5.57. The SMILES string of the molecule is CSC(=S)N1CC(C)(C)CSC1=Nc1ccccc1C(C)(C)C. The number of thiocarbonyl (C=S) groups is 1. The van der Waals surface area contributed by atoms with E-state index in [1.807, 2.05) is 18.0 Å². The Morgan fingerprint density at radius 3 is 2.57 bits per heavy atom. The Morgan fingerprint density at radius 2 is 1.96 bits per heavy atom. The number of hydrogen-bond donors (Lipinski definition) is 0. The van der Waals surface area contributed by atoms with Crippen LogP contribution in [0.2, 0.25) is 0 Å². The van der Waals surface area contributed by atoms with Crippen molar-refractivity contribution in [3.8, 4) is 0 Å². The molecule has 2 nitrogen and oxygen atoms in total. The lowest BCUT2D eigenvalue weighted by molar-refractivity contribution is 0.348. The van der Waals surface area contributed by atoms with Crippen LogP contribution in [0.1, 0.15) is 40.2 Å². The fraction of sp³-hybridized carbons (Fsp3) is 0.556. The van der Waals surface area contributed by atoms with Crippen LogP contribution in [0.25, 0.3) is 0 Å². The molecule has 0 bridgehead atoms. The van der Waals surface area contributed by atoms with Gasteiger partial charge in [-0.2, -0.15) is 0 Å². The molecule has 0 aliphatic carbocycles. The molecule has 1 fully saturated rings. The Labute approximate surface area is 154 Å². The fourth-order valence-electron chi connectivity index (χ4n) is 2.53. The van der Waals surface area contributed by atoms with Gasteiger partial charge < -0.3 is 4.90 Å². The minimum absolute atomic E-state index is 0.0735. The second-order valence-corrected chi connectivity index (χ2v) is 10.1. The number of rotatable bonds is 1. The van der Waals surface area contributed by atoms with E-state index in [1.165, 1.54) is 5.56 Å². The van der Waals surface area contributed by atoms with E-state index in [9.17, 15) is 0 Å². The van der Waals surface area contributed by atoms with E-state index in [1.54, 1.807) is 11.8 Å². The number of amidine groups is 1. The summed E-state index contributed by atoms with van der Waals surface area (Å²) in [6.07, 6.45) is 2.04. The first-order valence-corrected chi connectivity index (χ1v) is 10.4. The third-order valence-corrected chi connectivity index (χ3v) is 6.52. The molecular formula is C18H26N2S3. The van der Waals surface area contributed by atoms with Gasteiger partial charge in [0, 0.05) is 12.3 Å². The third-order valence-electron chi connectivity index (χ3n) is 3.73. The standard InChI is InChI=1S/C18H26N2S3/c1-17(2,3)13-9-7-8-10-14(13)19-15-20(16(21)22-6)11-18(4,5)12-23-15/h7-10H,11-12H2,1-6H3. The lowest BCUT2D eigenvalue weighted by Gasteiger charge is -2.39. The van der Waals surface area contributed by atoms with Crippen LogP contribution in [0.5, 0.6) is 0 Å². The van der Waals surface area contributed by atoms with Crippen LogP contribution < -0.4 is 0 Å². The molecular weight excluding hydrogens is 340 g/mol. The van der Waals surface area contributed by atoms with Crippen LogP contribution in [-0.2, 0) is 5.41 Å². The summed E-state index contributed by atoms with van der Waals surface area (Å²) >= 11 is 9.00. The van der Waals surface area contributed by atoms with Gasteiger partial charge in [-0.25, -0.2) is 4.99 Å². The van der Waals surface area contributed by atoms with Gasteiger partial charge >= 0.3 is 0 Å². The highest BCUT2D eigenvalue weighted by Gasteiger charge is 2.33.